The molecule has 6 heteroatoms. The molecule has 1 amide bonds. The monoisotopic (exact) mass is 313 g/mol. The van der Waals surface area contributed by atoms with Crippen molar-refractivity contribution in [2.75, 3.05) is 5.75 Å². The lowest BCUT2D eigenvalue weighted by Gasteiger charge is -2.14. The molecule has 2 heterocycles. The SMILES string of the molecule is O=C(N[C@H]1CCc2ccccc21)c1cnc2n(c1=O)CCS2. The molecule has 0 unspecified atom stereocenters. The Morgan fingerprint density at radius 2 is 2.23 bits per heavy atom. The molecule has 112 valence electrons. The van der Waals surface area contributed by atoms with E-state index in [1.54, 1.807) is 16.3 Å². The fraction of sp³-hybridized carbons (Fsp3) is 0.312. The molecule has 22 heavy (non-hydrogen) atoms. The molecule has 1 aliphatic heterocycles. The van der Waals surface area contributed by atoms with E-state index < -0.39 is 0 Å². The van der Waals surface area contributed by atoms with Crippen LogP contribution in [0.1, 0.15) is 33.9 Å². The maximum atomic E-state index is 12.5. The maximum absolute atomic E-state index is 12.5. The van der Waals surface area contributed by atoms with Gasteiger partial charge in [-0.05, 0) is 24.0 Å². The van der Waals surface area contributed by atoms with Gasteiger partial charge in [-0.1, -0.05) is 36.0 Å². The second-order valence-corrected chi connectivity index (χ2v) is 6.59. The normalized spacial score (nSPS) is 18.8. The number of benzene rings is 1. The summed E-state index contributed by atoms with van der Waals surface area (Å²) >= 11 is 1.55. The van der Waals surface area contributed by atoms with Crippen LogP contribution < -0.4 is 10.9 Å². The molecule has 1 aromatic carbocycles. The van der Waals surface area contributed by atoms with Gasteiger partial charge in [0.2, 0.25) is 0 Å². The second kappa shape index (κ2) is 5.28. The van der Waals surface area contributed by atoms with Crippen molar-refractivity contribution in [3.05, 3.63) is 57.5 Å². The number of nitrogens with one attached hydrogen (secondary N) is 1. The number of amides is 1. The first-order valence-corrected chi connectivity index (χ1v) is 8.34. The summed E-state index contributed by atoms with van der Waals surface area (Å²) in [5.41, 5.74) is 2.32. The van der Waals surface area contributed by atoms with Crippen molar-refractivity contribution in [1.29, 1.82) is 0 Å². The van der Waals surface area contributed by atoms with Crippen LogP contribution in [0.15, 0.2) is 40.4 Å². The lowest BCUT2D eigenvalue weighted by atomic mass is 10.1. The highest BCUT2D eigenvalue weighted by Gasteiger charge is 2.26. The predicted molar refractivity (Wildman–Crippen MR) is 84.2 cm³/mol. The minimum atomic E-state index is -0.327. The first-order valence-electron chi connectivity index (χ1n) is 7.35. The van der Waals surface area contributed by atoms with Crippen molar-refractivity contribution < 1.29 is 4.79 Å². The van der Waals surface area contributed by atoms with Crippen LogP contribution in [0, 0.1) is 0 Å². The fourth-order valence-corrected chi connectivity index (χ4v) is 4.03. The summed E-state index contributed by atoms with van der Waals surface area (Å²) < 4.78 is 1.59. The summed E-state index contributed by atoms with van der Waals surface area (Å²) in [5.74, 6) is 0.509. The van der Waals surface area contributed by atoms with Gasteiger partial charge in [0.05, 0.1) is 6.04 Å². The van der Waals surface area contributed by atoms with Gasteiger partial charge in [0, 0.05) is 18.5 Å². The van der Waals surface area contributed by atoms with Crippen LogP contribution in [0.2, 0.25) is 0 Å². The molecule has 0 fully saturated rings. The third-order valence-corrected chi connectivity index (χ3v) is 5.21. The smallest absolute Gasteiger partial charge is 0.267 e. The van der Waals surface area contributed by atoms with Gasteiger partial charge in [0.25, 0.3) is 11.5 Å². The highest BCUT2D eigenvalue weighted by atomic mass is 32.2. The molecule has 0 saturated carbocycles. The molecule has 4 rings (SSSR count). The van der Waals surface area contributed by atoms with Gasteiger partial charge in [0.1, 0.15) is 5.56 Å². The summed E-state index contributed by atoms with van der Waals surface area (Å²) in [6.45, 7) is 0.624. The Morgan fingerprint density at radius 1 is 1.36 bits per heavy atom. The topological polar surface area (TPSA) is 64.0 Å². The largest absolute Gasteiger partial charge is 0.345 e. The highest BCUT2D eigenvalue weighted by molar-refractivity contribution is 7.99. The van der Waals surface area contributed by atoms with Gasteiger partial charge < -0.3 is 5.32 Å². The lowest BCUT2D eigenvalue weighted by Crippen LogP contribution is -2.34. The van der Waals surface area contributed by atoms with Crippen molar-refractivity contribution in [2.45, 2.75) is 30.6 Å². The van der Waals surface area contributed by atoms with Crippen LogP contribution in [-0.4, -0.2) is 21.2 Å². The first-order chi connectivity index (χ1) is 10.7. The molecule has 1 aliphatic carbocycles. The Bertz CT molecular complexity index is 815. The van der Waals surface area contributed by atoms with Crippen molar-refractivity contribution in [3.8, 4) is 0 Å². The number of fused-ring (bicyclic) bond motifs is 2. The average Bonchev–Trinajstić information content (AvgIpc) is 3.15. The zero-order valence-electron chi connectivity index (χ0n) is 11.9. The Labute approximate surface area is 131 Å². The number of rotatable bonds is 2. The van der Waals surface area contributed by atoms with Crippen LogP contribution in [0.3, 0.4) is 0 Å². The van der Waals surface area contributed by atoms with Crippen LogP contribution in [0.5, 0.6) is 0 Å². The van der Waals surface area contributed by atoms with E-state index in [0.717, 1.165) is 24.2 Å². The van der Waals surface area contributed by atoms with E-state index in [-0.39, 0.29) is 23.1 Å². The van der Waals surface area contributed by atoms with Crippen molar-refractivity contribution in [1.82, 2.24) is 14.9 Å². The zero-order valence-corrected chi connectivity index (χ0v) is 12.7. The number of carbonyl (C=O) groups is 1. The molecular formula is C16H15N3O2S. The van der Waals surface area contributed by atoms with Crippen molar-refractivity contribution in [3.63, 3.8) is 0 Å². The molecule has 2 aromatic rings. The van der Waals surface area contributed by atoms with Crippen LogP contribution in [0.25, 0.3) is 0 Å². The average molecular weight is 313 g/mol. The summed E-state index contributed by atoms with van der Waals surface area (Å²) in [6, 6.07) is 8.10. The minimum Gasteiger partial charge on any atom is -0.345 e. The Balaban J connectivity index is 1.61. The number of carbonyl (C=O) groups excluding carboxylic acids is 1. The van der Waals surface area contributed by atoms with E-state index in [2.05, 4.69) is 16.4 Å². The number of nitrogens with zero attached hydrogens (tertiary/aromatic N) is 2. The first kappa shape index (κ1) is 13.6. The quantitative estimate of drug-likeness (QED) is 0.858. The van der Waals surface area contributed by atoms with Crippen molar-refractivity contribution >= 4 is 17.7 Å². The van der Waals surface area contributed by atoms with E-state index in [9.17, 15) is 9.59 Å². The number of thioether (sulfide) groups is 1. The van der Waals surface area contributed by atoms with Gasteiger partial charge in [-0.25, -0.2) is 4.98 Å². The number of aryl methyl sites for hydroxylation is 1. The van der Waals surface area contributed by atoms with E-state index in [0.29, 0.717) is 11.7 Å². The second-order valence-electron chi connectivity index (χ2n) is 5.52. The zero-order chi connectivity index (χ0) is 15.1. The number of aromatic nitrogens is 2. The summed E-state index contributed by atoms with van der Waals surface area (Å²) in [4.78, 5) is 29.1. The molecule has 1 N–H and O–H groups in total. The Hall–Kier alpha value is -2.08. The Kier molecular flexibility index (Phi) is 3.26. The molecular weight excluding hydrogens is 298 g/mol. The third-order valence-electron chi connectivity index (χ3n) is 4.24. The molecule has 1 atom stereocenters. The standard InChI is InChI=1S/C16H15N3O2S/c20-14(12-9-17-16-19(15(12)21)7-8-22-16)18-13-6-5-10-3-1-2-4-11(10)13/h1-4,9,13H,5-8H2,(H,18,20)/t13-/m0/s1. The minimum absolute atomic E-state index is 0.0178. The van der Waals surface area contributed by atoms with Gasteiger partial charge in [-0.3, -0.25) is 14.2 Å². The van der Waals surface area contributed by atoms with E-state index in [1.165, 1.54) is 11.8 Å². The lowest BCUT2D eigenvalue weighted by molar-refractivity contribution is 0.0934. The highest BCUT2D eigenvalue weighted by Crippen LogP contribution is 2.30. The van der Waals surface area contributed by atoms with Crippen LogP contribution in [0.4, 0.5) is 0 Å². The molecule has 2 aliphatic rings. The van der Waals surface area contributed by atoms with Gasteiger partial charge in [0.15, 0.2) is 5.16 Å². The number of hydrogen-bond acceptors (Lipinski definition) is 4. The molecule has 0 spiro atoms. The van der Waals surface area contributed by atoms with Crippen LogP contribution >= 0.6 is 11.8 Å². The molecule has 1 aromatic heterocycles. The summed E-state index contributed by atoms with van der Waals surface area (Å²) in [6.07, 6.45) is 3.24. The Morgan fingerprint density at radius 3 is 3.14 bits per heavy atom. The predicted octanol–water partition coefficient (Wildman–Crippen LogP) is 1.77. The van der Waals surface area contributed by atoms with Gasteiger partial charge >= 0.3 is 0 Å². The third kappa shape index (κ3) is 2.14. The number of hydrogen-bond donors (Lipinski definition) is 1. The van der Waals surface area contributed by atoms with Crippen molar-refractivity contribution in [2.24, 2.45) is 0 Å². The molecule has 0 radical (unpaired) electrons. The summed E-state index contributed by atoms with van der Waals surface area (Å²) in [5, 5.41) is 3.69. The van der Waals surface area contributed by atoms with Gasteiger partial charge in [-0.2, -0.15) is 0 Å². The summed E-state index contributed by atoms with van der Waals surface area (Å²) in [7, 11) is 0. The molecule has 5 nitrogen and oxygen atoms in total. The van der Waals surface area contributed by atoms with E-state index in [4.69, 9.17) is 0 Å². The van der Waals surface area contributed by atoms with Gasteiger partial charge in [-0.15, -0.1) is 0 Å². The fourth-order valence-electron chi connectivity index (χ4n) is 3.12. The van der Waals surface area contributed by atoms with Crippen LogP contribution in [-0.2, 0) is 13.0 Å². The molecule has 0 bridgehead atoms. The molecule has 0 saturated heterocycles. The maximum Gasteiger partial charge on any atom is 0.267 e. The van der Waals surface area contributed by atoms with E-state index >= 15 is 0 Å². The van der Waals surface area contributed by atoms with E-state index in [1.807, 2.05) is 18.2 Å².